The van der Waals surface area contributed by atoms with E-state index in [9.17, 15) is 10.1 Å². The zero-order valence-electron chi connectivity index (χ0n) is 8.73. The van der Waals surface area contributed by atoms with E-state index >= 15 is 0 Å². The maximum atomic E-state index is 10.8. The van der Waals surface area contributed by atoms with E-state index in [1.807, 2.05) is 6.07 Å². The van der Waals surface area contributed by atoms with E-state index < -0.39 is 4.92 Å². The van der Waals surface area contributed by atoms with Crippen LogP contribution in [0.1, 0.15) is 19.3 Å². The zero-order valence-corrected chi connectivity index (χ0v) is 10.3. The van der Waals surface area contributed by atoms with E-state index in [-0.39, 0.29) is 5.82 Å². The largest absolute Gasteiger partial charge is 0.380 e. The summed E-state index contributed by atoms with van der Waals surface area (Å²) in [5.41, 5.74) is 0. The average Bonchev–Trinajstić information content (AvgIpc) is 2.30. The molecule has 0 aromatic carbocycles. The van der Waals surface area contributed by atoms with E-state index in [2.05, 4.69) is 25.8 Å². The van der Waals surface area contributed by atoms with Gasteiger partial charge < -0.3 is 15.0 Å². The van der Waals surface area contributed by atoms with Gasteiger partial charge in [0, 0.05) is 19.2 Å². The first-order valence-corrected chi connectivity index (χ1v) is 6.03. The lowest BCUT2D eigenvalue weighted by molar-refractivity contribution is -0.390. The Morgan fingerprint density at radius 2 is 2.00 bits per heavy atom. The Labute approximate surface area is 102 Å². The van der Waals surface area contributed by atoms with Gasteiger partial charge in [0.15, 0.2) is 0 Å². The Bertz CT molecular complexity index is 405. The van der Waals surface area contributed by atoms with Gasteiger partial charge in [0.1, 0.15) is 4.47 Å². The topological polar surface area (TPSA) is 59.3 Å². The van der Waals surface area contributed by atoms with Crippen LogP contribution in [0.4, 0.5) is 11.6 Å². The third kappa shape index (κ3) is 2.32. The molecule has 6 heteroatoms. The molecule has 2 heterocycles. The van der Waals surface area contributed by atoms with E-state index in [4.69, 9.17) is 0 Å². The fraction of sp³-hybridized carbons (Fsp3) is 0.500. The smallest absolute Gasteiger partial charge is 0.358 e. The first-order chi connectivity index (χ1) is 7.68. The monoisotopic (exact) mass is 285 g/mol. The van der Waals surface area contributed by atoms with Crippen LogP contribution >= 0.6 is 15.9 Å². The molecule has 1 aromatic rings. The summed E-state index contributed by atoms with van der Waals surface area (Å²) in [5.74, 6) is 0.595. The predicted molar refractivity (Wildman–Crippen MR) is 64.7 cm³/mol. The molecule has 0 radical (unpaired) electrons. The van der Waals surface area contributed by atoms with Crippen LogP contribution in [-0.4, -0.2) is 23.0 Å². The molecule has 0 unspecified atom stereocenters. The molecule has 0 spiro atoms. The Hall–Kier alpha value is -1.17. The molecule has 0 N–H and O–H groups in total. The van der Waals surface area contributed by atoms with Crippen molar-refractivity contribution < 1.29 is 4.92 Å². The Kier molecular flexibility index (Phi) is 3.38. The van der Waals surface area contributed by atoms with Crippen molar-refractivity contribution in [1.29, 1.82) is 0 Å². The number of piperidine rings is 1. The maximum absolute atomic E-state index is 10.8. The highest BCUT2D eigenvalue weighted by molar-refractivity contribution is 9.10. The van der Waals surface area contributed by atoms with Crippen LogP contribution in [-0.2, 0) is 0 Å². The van der Waals surface area contributed by atoms with E-state index in [1.54, 1.807) is 6.07 Å². The fourth-order valence-corrected chi connectivity index (χ4v) is 2.21. The number of anilines is 1. The molecule has 2 rings (SSSR count). The number of nitrogens with zero attached hydrogens (tertiary/aromatic N) is 3. The third-order valence-corrected chi connectivity index (χ3v) is 3.28. The lowest BCUT2D eigenvalue weighted by Crippen LogP contribution is -2.30. The summed E-state index contributed by atoms with van der Waals surface area (Å²) in [5, 5.41) is 10.8. The van der Waals surface area contributed by atoms with Crippen LogP contribution in [0.25, 0.3) is 0 Å². The highest BCUT2D eigenvalue weighted by Gasteiger charge is 2.20. The van der Waals surface area contributed by atoms with Gasteiger partial charge in [-0.2, -0.15) is 0 Å². The van der Waals surface area contributed by atoms with Crippen molar-refractivity contribution in [2.75, 3.05) is 18.0 Å². The van der Waals surface area contributed by atoms with Gasteiger partial charge in [-0.1, -0.05) is 0 Å². The van der Waals surface area contributed by atoms with Gasteiger partial charge in [-0.05, 0) is 51.2 Å². The number of rotatable bonds is 2. The van der Waals surface area contributed by atoms with Crippen LogP contribution in [0, 0.1) is 10.1 Å². The lowest BCUT2D eigenvalue weighted by atomic mass is 10.1. The highest BCUT2D eigenvalue weighted by Crippen LogP contribution is 2.26. The van der Waals surface area contributed by atoms with Crippen molar-refractivity contribution in [3.05, 3.63) is 26.7 Å². The van der Waals surface area contributed by atoms with Crippen LogP contribution in [0.2, 0.25) is 0 Å². The molecule has 0 aliphatic carbocycles. The summed E-state index contributed by atoms with van der Waals surface area (Å²) in [7, 11) is 0. The molecule has 16 heavy (non-hydrogen) atoms. The molecule has 1 saturated heterocycles. The maximum Gasteiger partial charge on any atom is 0.380 e. The van der Waals surface area contributed by atoms with Crippen LogP contribution in [0.15, 0.2) is 16.6 Å². The van der Waals surface area contributed by atoms with Gasteiger partial charge in [0.25, 0.3) is 0 Å². The zero-order chi connectivity index (χ0) is 11.5. The van der Waals surface area contributed by atoms with Crippen molar-refractivity contribution in [3.63, 3.8) is 0 Å². The summed E-state index contributed by atoms with van der Waals surface area (Å²) in [6.45, 7) is 1.87. The molecule has 1 aliphatic rings. The molecule has 1 aromatic heterocycles. The summed E-state index contributed by atoms with van der Waals surface area (Å²) in [6, 6.07) is 3.51. The van der Waals surface area contributed by atoms with Gasteiger partial charge >= 0.3 is 5.82 Å². The van der Waals surface area contributed by atoms with Crippen molar-refractivity contribution in [2.24, 2.45) is 0 Å². The molecule has 5 nitrogen and oxygen atoms in total. The number of hydrogen-bond donors (Lipinski definition) is 0. The second-order valence-corrected chi connectivity index (χ2v) is 4.63. The molecular formula is C10H12BrN3O2. The minimum Gasteiger partial charge on any atom is -0.358 e. The minimum atomic E-state index is -0.461. The summed E-state index contributed by atoms with van der Waals surface area (Å²) >= 11 is 3.13. The van der Waals surface area contributed by atoms with E-state index in [0.717, 1.165) is 25.9 Å². The Morgan fingerprint density at radius 1 is 1.31 bits per heavy atom. The van der Waals surface area contributed by atoms with Crippen LogP contribution < -0.4 is 4.90 Å². The van der Waals surface area contributed by atoms with E-state index in [1.165, 1.54) is 6.42 Å². The number of nitro groups is 1. The normalized spacial score (nSPS) is 16.2. The number of aromatic nitrogens is 1. The fourth-order valence-electron chi connectivity index (χ4n) is 1.85. The van der Waals surface area contributed by atoms with Crippen molar-refractivity contribution in [1.82, 2.24) is 4.98 Å². The van der Waals surface area contributed by atoms with Crippen molar-refractivity contribution >= 4 is 27.6 Å². The predicted octanol–water partition coefficient (Wildman–Crippen LogP) is 2.74. The molecule has 0 amide bonds. The molecule has 0 bridgehead atoms. The lowest BCUT2D eigenvalue weighted by Gasteiger charge is -2.25. The van der Waals surface area contributed by atoms with Crippen LogP contribution in [0.3, 0.4) is 0 Å². The van der Waals surface area contributed by atoms with Gasteiger partial charge in [0.05, 0.1) is 0 Å². The van der Waals surface area contributed by atoms with E-state index in [0.29, 0.717) is 10.3 Å². The quantitative estimate of drug-likeness (QED) is 0.619. The standard InChI is InChI=1S/C10H12BrN3O2/c11-8-4-5-9(12-10(8)14(15)16)13-6-2-1-3-7-13/h4-5H,1-3,6-7H2. The molecule has 86 valence electrons. The Balaban J connectivity index is 2.27. The first kappa shape index (κ1) is 11.3. The minimum absolute atomic E-state index is 0.108. The van der Waals surface area contributed by atoms with Gasteiger partial charge in [-0.25, -0.2) is 0 Å². The highest BCUT2D eigenvalue weighted by atomic mass is 79.9. The molecular weight excluding hydrogens is 274 g/mol. The SMILES string of the molecule is O=[N+]([O-])c1nc(N2CCCCC2)ccc1Br. The second kappa shape index (κ2) is 4.78. The molecule has 0 saturated carbocycles. The summed E-state index contributed by atoms with van der Waals surface area (Å²) in [6.07, 6.45) is 3.49. The van der Waals surface area contributed by atoms with Gasteiger partial charge in [-0.15, -0.1) is 0 Å². The third-order valence-electron chi connectivity index (χ3n) is 2.67. The summed E-state index contributed by atoms with van der Waals surface area (Å²) in [4.78, 5) is 16.5. The van der Waals surface area contributed by atoms with Gasteiger partial charge in [-0.3, -0.25) is 0 Å². The van der Waals surface area contributed by atoms with Gasteiger partial charge in [0.2, 0.25) is 5.82 Å². The molecule has 1 aliphatic heterocycles. The first-order valence-electron chi connectivity index (χ1n) is 5.24. The summed E-state index contributed by atoms with van der Waals surface area (Å²) < 4.78 is 0.429. The van der Waals surface area contributed by atoms with Crippen molar-refractivity contribution in [3.8, 4) is 0 Å². The van der Waals surface area contributed by atoms with Crippen molar-refractivity contribution in [2.45, 2.75) is 19.3 Å². The Morgan fingerprint density at radius 3 is 2.62 bits per heavy atom. The number of halogens is 1. The second-order valence-electron chi connectivity index (χ2n) is 3.78. The van der Waals surface area contributed by atoms with Crippen LogP contribution in [0.5, 0.6) is 0 Å². The molecule has 1 fully saturated rings. The number of hydrogen-bond acceptors (Lipinski definition) is 4. The average molecular weight is 286 g/mol. The number of pyridine rings is 1. The molecule has 0 atom stereocenters.